The van der Waals surface area contributed by atoms with Crippen LogP contribution in [0.2, 0.25) is 0 Å². The molecule has 42 valence electrons. The molecule has 0 fully saturated rings. The van der Waals surface area contributed by atoms with E-state index in [1.807, 2.05) is 0 Å². The fourth-order valence-corrected chi connectivity index (χ4v) is 0. The molecule has 4 radical (unpaired) electrons. The van der Waals surface area contributed by atoms with E-state index in [-0.39, 0.29) is 169 Å². The Balaban J connectivity index is 0. The van der Waals surface area contributed by atoms with Crippen LogP contribution in [0.15, 0.2) is 0 Å². The van der Waals surface area contributed by atoms with Crippen LogP contribution in [0.3, 0.4) is 0 Å². The summed E-state index contributed by atoms with van der Waals surface area (Å²) in [6, 6.07) is 0. The van der Waals surface area contributed by atoms with Crippen molar-refractivity contribution in [3.05, 3.63) is 0 Å². The van der Waals surface area contributed by atoms with Gasteiger partial charge in [-0.25, -0.2) is 0 Å². The number of rotatable bonds is 0. The van der Waals surface area contributed by atoms with E-state index in [0.29, 0.717) is 0 Å². The minimum atomic E-state index is 0. The third-order valence-corrected chi connectivity index (χ3v) is 0. The molecule has 0 rings (SSSR count). The molecular weight excluding hydrogens is 205 g/mol. The van der Waals surface area contributed by atoms with Gasteiger partial charge in [0, 0.05) is 11.0 Å². The Morgan fingerprint density at radius 3 is 0.875 bits per heavy atom. The van der Waals surface area contributed by atoms with Gasteiger partial charge in [0.15, 0.2) is 17.4 Å². The molecule has 0 unspecified atom stereocenters. The molecule has 3 nitrogen and oxygen atoms in total. The van der Waals surface area contributed by atoms with Crippen molar-refractivity contribution in [1.82, 2.24) is 0 Å². The summed E-state index contributed by atoms with van der Waals surface area (Å²) < 4.78 is 0. The van der Waals surface area contributed by atoms with Crippen LogP contribution < -0.4 is 80.9 Å². The molecule has 0 saturated heterocycles. The summed E-state index contributed by atoms with van der Waals surface area (Å²) in [7, 11) is 0. The summed E-state index contributed by atoms with van der Waals surface area (Å²) in [5, 5.41) is 0. The molecule has 0 spiro atoms. The van der Waals surface area contributed by atoms with Crippen molar-refractivity contribution in [2.24, 2.45) is 0 Å². The molecule has 0 aromatic heterocycles. The minimum absolute atomic E-state index is 0. The third-order valence-electron chi connectivity index (χ3n) is 0. The molecule has 0 bridgehead atoms. The SMILES string of the molecule is O.O.O.[AlH3].[Ca+2].[H-].[H-].[H-].[H-].[K+].[Na+].[Si]. The zero-order valence-corrected chi connectivity index (χ0v) is 13.0. The van der Waals surface area contributed by atoms with Gasteiger partial charge in [0.25, 0.3) is 0 Å². The van der Waals surface area contributed by atoms with Gasteiger partial charge in [-0.3, -0.25) is 0 Å². The molecule has 0 saturated carbocycles. The predicted octanol–water partition coefficient (Wildman–Crippen LogP) is -9.96. The van der Waals surface area contributed by atoms with Crippen LogP contribution in [0.1, 0.15) is 5.71 Å². The molecule has 0 heterocycles. The van der Waals surface area contributed by atoms with Gasteiger partial charge < -0.3 is 22.1 Å². The maximum absolute atomic E-state index is 0. The molecule has 0 aliphatic rings. The Kier molecular flexibility index (Phi) is 633. The zero-order valence-electron chi connectivity index (χ0n) is 8.71. The van der Waals surface area contributed by atoms with E-state index in [2.05, 4.69) is 0 Å². The Morgan fingerprint density at radius 1 is 0.875 bits per heavy atom. The normalized spacial score (nSPS) is 0. The van der Waals surface area contributed by atoms with Crippen LogP contribution in [0.5, 0.6) is 0 Å². The van der Waals surface area contributed by atoms with Crippen molar-refractivity contribution in [3.8, 4) is 0 Å². The summed E-state index contributed by atoms with van der Waals surface area (Å²) >= 11 is 0. The maximum Gasteiger partial charge on any atom is 2.00 e. The molecular formula is H13AlCaKNaO3Si. The second-order valence-corrected chi connectivity index (χ2v) is 0. The first-order valence-electron chi connectivity index (χ1n) is 0. The first kappa shape index (κ1) is 81.2. The quantitative estimate of drug-likeness (QED) is 0.361. The van der Waals surface area contributed by atoms with Crippen LogP contribution in [0.25, 0.3) is 0 Å². The predicted molar refractivity (Wildman–Crippen MR) is 36.7 cm³/mol. The average molecular weight is 218 g/mol. The maximum atomic E-state index is 0. The zero-order chi connectivity index (χ0) is 0. The Hall–Kier alpha value is 4.53. The van der Waals surface area contributed by atoms with Crippen LogP contribution >= 0.6 is 0 Å². The largest absolute Gasteiger partial charge is 2.00 e. The summed E-state index contributed by atoms with van der Waals surface area (Å²) in [5.41, 5.74) is 0. The van der Waals surface area contributed by atoms with Crippen molar-refractivity contribution in [3.63, 3.8) is 0 Å². The Morgan fingerprint density at radius 2 is 0.875 bits per heavy atom. The second kappa shape index (κ2) is 62.3. The van der Waals surface area contributed by atoms with Crippen molar-refractivity contribution in [1.29, 1.82) is 0 Å². The van der Waals surface area contributed by atoms with E-state index >= 15 is 0 Å². The number of hydrogen-bond donors (Lipinski definition) is 0. The van der Waals surface area contributed by atoms with Crippen LogP contribution in [-0.2, 0) is 0 Å². The first-order valence-corrected chi connectivity index (χ1v) is 0. The van der Waals surface area contributed by atoms with Crippen LogP contribution in [0, 0.1) is 0 Å². The summed E-state index contributed by atoms with van der Waals surface area (Å²) in [6.07, 6.45) is 0. The summed E-state index contributed by atoms with van der Waals surface area (Å²) in [6.45, 7) is 0. The van der Waals surface area contributed by atoms with Crippen molar-refractivity contribution in [2.45, 2.75) is 0 Å². The van der Waals surface area contributed by atoms with E-state index in [1.54, 1.807) is 0 Å². The van der Waals surface area contributed by atoms with E-state index in [4.69, 9.17) is 0 Å². The van der Waals surface area contributed by atoms with Crippen molar-refractivity contribution < 1.29 is 103 Å². The van der Waals surface area contributed by atoms with E-state index in [0.717, 1.165) is 0 Å². The second-order valence-electron chi connectivity index (χ2n) is 0. The fourth-order valence-electron chi connectivity index (χ4n) is 0. The fraction of sp³-hybridized carbons (Fsp3) is 0. The molecule has 0 aromatic carbocycles. The Labute approximate surface area is 165 Å². The molecule has 0 aliphatic heterocycles. The Bertz CT molecular complexity index is 30.3. The molecule has 8 heteroatoms. The monoisotopic (exact) mass is 218 g/mol. The molecule has 0 atom stereocenters. The van der Waals surface area contributed by atoms with E-state index < -0.39 is 0 Å². The van der Waals surface area contributed by atoms with Crippen LogP contribution in [0.4, 0.5) is 0 Å². The van der Waals surface area contributed by atoms with Gasteiger partial charge >= 0.3 is 119 Å². The van der Waals surface area contributed by atoms with Gasteiger partial charge in [-0.05, 0) is 0 Å². The van der Waals surface area contributed by atoms with Gasteiger partial charge in [-0.15, -0.1) is 0 Å². The van der Waals surface area contributed by atoms with E-state index in [9.17, 15) is 0 Å². The van der Waals surface area contributed by atoms with Gasteiger partial charge in [-0.2, -0.15) is 0 Å². The third kappa shape index (κ3) is 46.6. The molecule has 0 amide bonds. The van der Waals surface area contributed by atoms with Crippen LogP contribution in [-0.4, -0.2) is 82.5 Å². The molecule has 0 aliphatic carbocycles. The van der Waals surface area contributed by atoms with Gasteiger partial charge in [0.05, 0.1) is 0 Å². The van der Waals surface area contributed by atoms with Gasteiger partial charge in [0.1, 0.15) is 0 Å². The van der Waals surface area contributed by atoms with E-state index in [1.165, 1.54) is 0 Å². The smallest absolute Gasteiger partial charge is 1.00 e. The molecule has 8 heavy (non-hydrogen) atoms. The molecule has 0 aromatic rings. The molecule has 6 N–H and O–H groups in total. The summed E-state index contributed by atoms with van der Waals surface area (Å²) in [4.78, 5) is 0. The van der Waals surface area contributed by atoms with Crippen molar-refractivity contribution in [2.75, 3.05) is 0 Å². The average Bonchev–Trinajstić information content (AvgIpc) is 0. The topological polar surface area (TPSA) is 94.5 Å². The first-order chi connectivity index (χ1) is 0. The minimum Gasteiger partial charge on any atom is -1.00 e. The summed E-state index contributed by atoms with van der Waals surface area (Å²) in [5.74, 6) is 0. The standard InChI is InChI=1S/Al.Ca.K.Na.3H2O.Si.7H/h;;;;3*1H2;;;;;;;;/q;+2;2*+1;;;;;;;;4*-1. The van der Waals surface area contributed by atoms with Crippen molar-refractivity contribution >= 4 is 66.1 Å². The van der Waals surface area contributed by atoms with Gasteiger partial charge in [0.2, 0.25) is 0 Å². The number of hydrogen-bond acceptors (Lipinski definition) is 0. The van der Waals surface area contributed by atoms with Gasteiger partial charge in [-0.1, -0.05) is 0 Å².